The lowest BCUT2D eigenvalue weighted by molar-refractivity contribution is 0.0625. The quantitative estimate of drug-likeness (QED) is 0.567. The predicted molar refractivity (Wildman–Crippen MR) is 105 cm³/mol. The van der Waals surface area contributed by atoms with Crippen molar-refractivity contribution < 1.29 is 8.95 Å². The minimum Gasteiger partial charge on any atom is -0.381 e. The van der Waals surface area contributed by atoms with Crippen molar-refractivity contribution in [3.8, 4) is 0 Å². The normalized spacial score (nSPS) is 17.3. The number of guanidine groups is 1. The molecule has 140 valence electrons. The maximum Gasteiger partial charge on any atom is 0.193 e. The highest BCUT2D eigenvalue weighted by atomic mass is 32.2. The number of nitrogens with zero attached hydrogens (tertiary/aromatic N) is 2. The van der Waals surface area contributed by atoms with Gasteiger partial charge in [-0.1, -0.05) is 30.3 Å². The molecule has 1 aromatic carbocycles. The van der Waals surface area contributed by atoms with Gasteiger partial charge in [-0.25, -0.2) is 0 Å². The zero-order valence-electron chi connectivity index (χ0n) is 15.4. The number of aliphatic imine (C=N–C) groups is 1. The third-order valence-electron chi connectivity index (χ3n) is 4.57. The van der Waals surface area contributed by atoms with Gasteiger partial charge in [0.25, 0.3) is 0 Å². The number of benzene rings is 1. The lowest BCUT2D eigenvalue weighted by atomic mass is 9.96. The Hall–Kier alpha value is -1.40. The molecule has 1 aliphatic heterocycles. The summed E-state index contributed by atoms with van der Waals surface area (Å²) >= 11 is 0. The molecule has 25 heavy (non-hydrogen) atoms. The smallest absolute Gasteiger partial charge is 0.193 e. The number of hydrogen-bond donors (Lipinski definition) is 1. The molecule has 1 aromatic rings. The van der Waals surface area contributed by atoms with Crippen LogP contribution < -0.4 is 5.32 Å². The lowest BCUT2D eigenvalue weighted by Gasteiger charge is -2.26. The predicted octanol–water partition coefficient (Wildman–Crippen LogP) is 2.26. The van der Waals surface area contributed by atoms with E-state index in [1.807, 2.05) is 30.3 Å². The summed E-state index contributed by atoms with van der Waals surface area (Å²) in [6.45, 7) is 3.45. The summed E-state index contributed by atoms with van der Waals surface area (Å²) < 4.78 is 17.6. The molecule has 0 bridgehead atoms. The third-order valence-corrected chi connectivity index (χ3v) is 5.89. The van der Waals surface area contributed by atoms with Crippen molar-refractivity contribution >= 4 is 16.8 Å². The van der Waals surface area contributed by atoms with E-state index in [1.165, 1.54) is 19.3 Å². The van der Waals surface area contributed by atoms with Crippen LogP contribution in [-0.4, -0.2) is 61.2 Å². The Bertz CT molecular complexity index is 545. The topological polar surface area (TPSA) is 53.9 Å². The first-order valence-corrected chi connectivity index (χ1v) is 10.6. The highest BCUT2D eigenvalue weighted by Crippen LogP contribution is 2.18. The summed E-state index contributed by atoms with van der Waals surface area (Å²) in [4.78, 5) is 6.50. The highest BCUT2D eigenvalue weighted by molar-refractivity contribution is 7.84. The second-order valence-corrected chi connectivity index (χ2v) is 8.09. The van der Waals surface area contributed by atoms with Crippen LogP contribution in [0.1, 0.15) is 24.8 Å². The molecule has 1 aliphatic rings. The van der Waals surface area contributed by atoms with Crippen LogP contribution in [0, 0.1) is 5.92 Å². The first kappa shape index (κ1) is 19.9. The molecule has 1 heterocycles. The van der Waals surface area contributed by atoms with Crippen LogP contribution in [-0.2, 0) is 21.3 Å². The largest absolute Gasteiger partial charge is 0.381 e. The van der Waals surface area contributed by atoms with E-state index in [4.69, 9.17) is 4.74 Å². The average Bonchev–Trinajstić information content (AvgIpc) is 2.65. The van der Waals surface area contributed by atoms with Gasteiger partial charge in [0.1, 0.15) is 0 Å². The van der Waals surface area contributed by atoms with Gasteiger partial charge in [-0.3, -0.25) is 9.20 Å². The molecule has 5 nitrogen and oxygen atoms in total. The van der Waals surface area contributed by atoms with Gasteiger partial charge in [-0.15, -0.1) is 0 Å². The summed E-state index contributed by atoms with van der Waals surface area (Å²) in [5.41, 5.74) is 1.12. The molecule has 0 saturated carbocycles. The Kier molecular flexibility index (Phi) is 8.97. The molecule has 1 fully saturated rings. The van der Waals surface area contributed by atoms with Crippen molar-refractivity contribution in [3.05, 3.63) is 35.9 Å². The minimum absolute atomic E-state index is 0.612. The van der Waals surface area contributed by atoms with Gasteiger partial charge in [0.2, 0.25) is 0 Å². The molecular formula is C19H31N3O2S. The summed E-state index contributed by atoms with van der Waals surface area (Å²) in [6, 6.07) is 10.00. The standard InChI is InChI=1S/C19H31N3O2S/c1-20-19(22(2)12-8-17-9-13-24-14-10-17)21-11-15-25(23)16-18-6-4-3-5-7-18/h3-7,17H,8-16H2,1-2H3,(H,20,21). The second kappa shape index (κ2) is 11.3. The van der Waals surface area contributed by atoms with Crippen LogP contribution in [0.2, 0.25) is 0 Å². The zero-order chi connectivity index (χ0) is 17.9. The van der Waals surface area contributed by atoms with Gasteiger partial charge in [-0.05, 0) is 30.7 Å². The van der Waals surface area contributed by atoms with Crippen LogP contribution in [0.15, 0.2) is 35.3 Å². The number of rotatable bonds is 8. The molecule has 1 atom stereocenters. The molecule has 1 N–H and O–H groups in total. The molecule has 6 heteroatoms. The van der Waals surface area contributed by atoms with E-state index in [9.17, 15) is 4.21 Å². The summed E-state index contributed by atoms with van der Waals surface area (Å²) in [5, 5.41) is 3.33. The first-order chi connectivity index (χ1) is 12.2. The molecule has 1 unspecified atom stereocenters. The van der Waals surface area contributed by atoms with E-state index in [2.05, 4.69) is 22.3 Å². The molecule has 2 rings (SSSR count). The summed E-state index contributed by atoms with van der Waals surface area (Å²) in [5.74, 6) is 2.87. The minimum atomic E-state index is -0.860. The Morgan fingerprint density at radius 3 is 2.72 bits per heavy atom. The van der Waals surface area contributed by atoms with Crippen molar-refractivity contribution in [2.24, 2.45) is 10.9 Å². The van der Waals surface area contributed by atoms with Crippen LogP contribution in [0.25, 0.3) is 0 Å². The van der Waals surface area contributed by atoms with Gasteiger partial charge < -0.3 is 15.0 Å². The monoisotopic (exact) mass is 365 g/mol. The first-order valence-electron chi connectivity index (χ1n) is 9.07. The number of hydrogen-bond acceptors (Lipinski definition) is 3. The van der Waals surface area contributed by atoms with E-state index >= 15 is 0 Å². The fourth-order valence-electron chi connectivity index (χ4n) is 3.01. The summed E-state index contributed by atoms with van der Waals surface area (Å²) in [6.07, 6.45) is 3.50. The summed E-state index contributed by atoms with van der Waals surface area (Å²) in [7, 11) is 3.00. The maximum absolute atomic E-state index is 12.2. The number of ether oxygens (including phenoxy) is 1. The fraction of sp³-hybridized carbons (Fsp3) is 0.632. The fourth-order valence-corrected chi connectivity index (χ4v) is 4.05. The van der Waals surface area contributed by atoms with Crippen molar-refractivity contribution in [3.63, 3.8) is 0 Å². The van der Waals surface area contributed by atoms with Crippen LogP contribution in [0.3, 0.4) is 0 Å². The molecule has 0 amide bonds. The van der Waals surface area contributed by atoms with Gasteiger partial charge in [-0.2, -0.15) is 0 Å². The Morgan fingerprint density at radius 2 is 2.04 bits per heavy atom. The van der Waals surface area contributed by atoms with Crippen molar-refractivity contribution in [1.29, 1.82) is 0 Å². The van der Waals surface area contributed by atoms with Crippen LogP contribution in [0.5, 0.6) is 0 Å². The van der Waals surface area contributed by atoms with E-state index < -0.39 is 10.8 Å². The van der Waals surface area contributed by atoms with Gasteiger partial charge >= 0.3 is 0 Å². The molecule has 0 radical (unpaired) electrons. The van der Waals surface area contributed by atoms with Gasteiger partial charge in [0.15, 0.2) is 5.96 Å². The average molecular weight is 366 g/mol. The van der Waals surface area contributed by atoms with E-state index in [1.54, 1.807) is 7.05 Å². The lowest BCUT2D eigenvalue weighted by Crippen LogP contribution is -2.41. The van der Waals surface area contributed by atoms with Crippen LogP contribution >= 0.6 is 0 Å². The molecule has 0 spiro atoms. The number of nitrogens with one attached hydrogen (secondary N) is 1. The zero-order valence-corrected chi connectivity index (χ0v) is 16.3. The third kappa shape index (κ3) is 7.57. The van der Waals surface area contributed by atoms with E-state index in [-0.39, 0.29) is 0 Å². The van der Waals surface area contributed by atoms with Crippen molar-refractivity contribution in [2.75, 3.05) is 46.2 Å². The Labute approximate surface area is 154 Å². The maximum atomic E-state index is 12.2. The second-order valence-electron chi connectivity index (χ2n) is 6.51. The van der Waals surface area contributed by atoms with Gasteiger partial charge in [0.05, 0.1) is 0 Å². The molecule has 0 aromatic heterocycles. The Morgan fingerprint density at radius 1 is 1.32 bits per heavy atom. The highest BCUT2D eigenvalue weighted by Gasteiger charge is 2.15. The SMILES string of the molecule is CN=C(NCCS(=O)Cc1ccccc1)N(C)CCC1CCOCC1. The van der Waals surface area contributed by atoms with Crippen molar-refractivity contribution in [2.45, 2.75) is 25.0 Å². The van der Waals surface area contributed by atoms with E-state index in [0.29, 0.717) is 18.1 Å². The van der Waals surface area contributed by atoms with E-state index in [0.717, 1.165) is 37.2 Å². The molecule has 1 saturated heterocycles. The van der Waals surface area contributed by atoms with Crippen LogP contribution in [0.4, 0.5) is 0 Å². The molecule has 0 aliphatic carbocycles. The van der Waals surface area contributed by atoms with Gasteiger partial charge in [0, 0.05) is 62.7 Å². The molecular weight excluding hydrogens is 334 g/mol. The Balaban J connectivity index is 1.65. The van der Waals surface area contributed by atoms with Crippen molar-refractivity contribution in [1.82, 2.24) is 10.2 Å².